The number of anilines is 1. The lowest BCUT2D eigenvalue weighted by molar-refractivity contribution is -0.127. The van der Waals surface area contributed by atoms with E-state index in [0.29, 0.717) is 18.0 Å². The Labute approximate surface area is 173 Å². The number of rotatable bonds is 5. The van der Waals surface area contributed by atoms with Crippen molar-refractivity contribution >= 4 is 11.6 Å². The fourth-order valence-corrected chi connectivity index (χ4v) is 7.17. The second-order valence-electron chi connectivity index (χ2n) is 10.3. The summed E-state index contributed by atoms with van der Waals surface area (Å²) in [5.74, 6) is 2.74. The number of carbonyl (C=O) groups excluding carboxylic acids is 1. The van der Waals surface area contributed by atoms with Crippen molar-refractivity contribution in [3.8, 4) is 0 Å². The molecule has 1 aromatic carbocycles. The number of hydrogen-bond acceptors (Lipinski definition) is 3. The third-order valence-corrected chi connectivity index (χ3v) is 8.31. The second-order valence-corrected chi connectivity index (χ2v) is 10.3. The maximum atomic E-state index is 13.1. The SMILES string of the molecule is C[C@H](NC(=O)CN1CCN(c2ccc(F)cc2)CC1)C12CC3CC(CC(C3)C1)C2. The van der Waals surface area contributed by atoms with Crippen LogP contribution in [0.5, 0.6) is 0 Å². The van der Waals surface area contributed by atoms with Crippen LogP contribution >= 0.6 is 0 Å². The van der Waals surface area contributed by atoms with Crippen LogP contribution in [-0.4, -0.2) is 49.6 Å². The van der Waals surface area contributed by atoms with Crippen LogP contribution in [0.2, 0.25) is 0 Å². The van der Waals surface area contributed by atoms with Gasteiger partial charge in [0, 0.05) is 37.9 Å². The Morgan fingerprint density at radius 2 is 1.59 bits per heavy atom. The lowest BCUT2D eigenvalue weighted by Gasteiger charge is -2.59. The van der Waals surface area contributed by atoms with Gasteiger partial charge in [-0.3, -0.25) is 9.69 Å². The Kier molecular flexibility index (Phi) is 5.05. The lowest BCUT2D eigenvalue weighted by Crippen LogP contribution is -2.57. The molecule has 1 aliphatic heterocycles. The van der Waals surface area contributed by atoms with Crippen molar-refractivity contribution in [2.45, 2.75) is 51.5 Å². The standard InChI is InChI=1S/C24H34FN3O/c1-17(24-13-18-10-19(14-24)12-20(11-18)15-24)26-23(29)16-27-6-8-28(9-7-27)22-4-2-21(25)3-5-22/h2-5,17-20H,6-16H2,1H3,(H,26,29)/t17-,18?,19?,20?,24?/m0/s1. The van der Waals surface area contributed by atoms with Gasteiger partial charge >= 0.3 is 0 Å². The molecule has 5 aliphatic rings. The lowest BCUT2D eigenvalue weighted by atomic mass is 9.48. The molecule has 1 amide bonds. The summed E-state index contributed by atoms with van der Waals surface area (Å²) >= 11 is 0. The van der Waals surface area contributed by atoms with Crippen molar-refractivity contribution in [2.75, 3.05) is 37.6 Å². The summed E-state index contributed by atoms with van der Waals surface area (Å²) in [7, 11) is 0. The Morgan fingerprint density at radius 3 is 2.14 bits per heavy atom. The minimum Gasteiger partial charge on any atom is -0.369 e. The van der Waals surface area contributed by atoms with Crippen LogP contribution in [0.3, 0.4) is 0 Å². The zero-order valence-corrected chi connectivity index (χ0v) is 17.6. The highest BCUT2D eigenvalue weighted by molar-refractivity contribution is 5.78. The average molecular weight is 400 g/mol. The average Bonchev–Trinajstić information content (AvgIpc) is 2.68. The van der Waals surface area contributed by atoms with Gasteiger partial charge in [-0.05, 0) is 92.9 Å². The number of amides is 1. The zero-order valence-electron chi connectivity index (χ0n) is 17.6. The molecule has 1 saturated heterocycles. The van der Waals surface area contributed by atoms with Gasteiger partial charge < -0.3 is 10.2 Å². The van der Waals surface area contributed by atoms with Gasteiger partial charge in [-0.1, -0.05) is 0 Å². The molecule has 1 N–H and O–H groups in total. The summed E-state index contributed by atoms with van der Waals surface area (Å²) in [6.07, 6.45) is 8.32. The summed E-state index contributed by atoms with van der Waals surface area (Å²) < 4.78 is 13.1. The fourth-order valence-electron chi connectivity index (χ4n) is 7.17. The summed E-state index contributed by atoms with van der Waals surface area (Å²) in [4.78, 5) is 17.3. The van der Waals surface area contributed by atoms with Crippen LogP contribution in [0.4, 0.5) is 10.1 Å². The van der Waals surface area contributed by atoms with E-state index < -0.39 is 0 Å². The monoisotopic (exact) mass is 399 g/mol. The Hall–Kier alpha value is -1.62. The maximum Gasteiger partial charge on any atom is 0.234 e. The summed E-state index contributed by atoms with van der Waals surface area (Å²) in [5, 5.41) is 3.40. The van der Waals surface area contributed by atoms with Crippen molar-refractivity contribution in [1.82, 2.24) is 10.2 Å². The maximum absolute atomic E-state index is 13.1. The number of nitrogens with zero attached hydrogens (tertiary/aromatic N) is 2. The molecule has 4 bridgehead atoms. The van der Waals surface area contributed by atoms with E-state index in [1.807, 2.05) is 12.1 Å². The van der Waals surface area contributed by atoms with E-state index in [9.17, 15) is 9.18 Å². The molecular formula is C24H34FN3O. The molecule has 0 unspecified atom stereocenters. The van der Waals surface area contributed by atoms with Gasteiger partial charge in [0.05, 0.1) is 6.54 Å². The van der Waals surface area contributed by atoms with Gasteiger partial charge in [0.1, 0.15) is 5.82 Å². The summed E-state index contributed by atoms with van der Waals surface area (Å²) in [5.41, 5.74) is 1.43. The molecule has 29 heavy (non-hydrogen) atoms. The predicted octanol–water partition coefficient (Wildman–Crippen LogP) is 3.67. The van der Waals surface area contributed by atoms with Crippen molar-refractivity contribution in [1.29, 1.82) is 0 Å². The van der Waals surface area contributed by atoms with E-state index >= 15 is 0 Å². The first-order valence-electron chi connectivity index (χ1n) is 11.5. The Balaban J connectivity index is 1.12. The van der Waals surface area contributed by atoms with E-state index in [4.69, 9.17) is 0 Å². The van der Waals surface area contributed by atoms with Crippen LogP contribution in [0.25, 0.3) is 0 Å². The highest BCUT2D eigenvalue weighted by Gasteiger charge is 2.53. The third-order valence-electron chi connectivity index (χ3n) is 8.31. The molecule has 4 nitrogen and oxygen atoms in total. The normalized spacial score (nSPS) is 35.0. The molecule has 4 saturated carbocycles. The van der Waals surface area contributed by atoms with Crippen molar-refractivity contribution in [3.05, 3.63) is 30.1 Å². The molecule has 158 valence electrons. The number of carbonyl (C=O) groups is 1. The molecule has 6 rings (SSSR count). The van der Waals surface area contributed by atoms with Crippen LogP contribution in [-0.2, 0) is 4.79 Å². The first kappa shape index (κ1) is 19.3. The van der Waals surface area contributed by atoms with E-state index in [-0.39, 0.29) is 11.7 Å². The van der Waals surface area contributed by atoms with E-state index in [2.05, 4.69) is 22.0 Å². The molecule has 0 spiro atoms. The minimum absolute atomic E-state index is 0.184. The molecule has 0 radical (unpaired) electrons. The molecule has 1 heterocycles. The smallest absolute Gasteiger partial charge is 0.234 e. The highest BCUT2D eigenvalue weighted by atomic mass is 19.1. The molecule has 5 heteroatoms. The number of halogens is 1. The predicted molar refractivity (Wildman–Crippen MR) is 113 cm³/mol. The molecule has 1 aromatic rings. The van der Waals surface area contributed by atoms with Gasteiger partial charge in [0.25, 0.3) is 0 Å². The summed E-state index contributed by atoms with van der Waals surface area (Å²) in [6, 6.07) is 7.00. The topological polar surface area (TPSA) is 35.6 Å². The number of hydrogen-bond donors (Lipinski definition) is 1. The van der Waals surface area contributed by atoms with Crippen molar-refractivity contribution in [3.63, 3.8) is 0 Å². The van der Waals surface area contributed by atoms with Crippen LogP contribution in [0.15, 0.2) is 24.3 Å². The van der Waals surface area contributed by atoms with Crippen molar-refractivity contribution in [2.24, 2.45) is 23.2 Å². The minimum atomic E-state index is -0.197. The van der Waals surface area contributed by atoms with Gasteiger partial charge in [-0.15, -0.1) is 0 Å². The highest BCUT2D eigenvalue weighted by Crippen LogP contribution is 2.61. The second kappa shape index (κ2) is 7.57. The first-order chi connectivity index (χ1) is 14.0. The largest absolute Gasteiger partial charge is 0.369 e. The van der Waals surface area contributed by atoms with Gasteiger partial charge in [-0.2, -0.15) is 0 Å². The Morgan fingerprint density at radius 1 is 1.03 bits per heavy atom. The number of piperazine rings is 1. The van der Waals surface area contributed by atoms with Crippen LogP contribution in [0.1, 0.15) is 45.4 Å². The molecule has 0 aromatic heterocycles. The molecular weight excluding hydrogens is 365 g/mol. The number of nitrogens with one attached hydrogen (secondary N) is 1. The van der Waals surface area contributed by atoms with Crippen LogP contribution < -0.4 is 10.2 Å². The number of benzene rings is 1. The van der Waals surface area contributed by atoms with Crippen LogP contribution in [0, 0.1) is 29.0 Å². The van der Waals surface area contributed by atoms with Gasteiger partial charge in [0.2, 0.25) is 5.91 Å². The van der Waals surface area contributed by atoms with Gasteiger partial charge in [0.15, 0.2) is 0 Å². The quantitative estimate of drug-likeness (QED) is 0.821. The van der Waals surface area contributed by atoms with E-state index in [1.165, 1.54) is 50.7 Å². The first-order valence-corrected chi connectivity index (χ1v) is 11.5. The van der Waals surface area contributed by atoms with E-state index in [1.54, 1.807) is 0 Å². The van der Waals surface area contributed by atoms with E-state index in [0.717, 1.165) is 49.6 Å². The van der Waals surface area contributed by atoms with Crippen molar-refractivity contribution < 1.29 is 9.18 Å². The Bertz CT molecular complexity index is 706. The third kappa shape index (κ3) is 3.90. The zero-order chi connectivity index (χ0) is 20.0. The van der Waals surface area contributed by atoms with Gasteiger partial charge in [-0.25, -0.2) is 4.39 Å². The summed E-state index contributed by atoms with van der Waals surface area (Å²) in [6.45, 7) is 6.26. The molecule has 4 aliphatic carbocycles. The fraction of sp³-hybridized carbons (Fsp3) is 0.708. The molecule has 5 fully saturated rings. The molecule has 1 atom stereocenters.